The maximum Gasteiger partial charge on any atom is 0.472 e. The van der Waals surface area contributed by atoms with Crippen LogP contribution in [0.25, 0.3) is 0 Å². The molecule has 1 fully saturated rings. The van der Waals surface area contributed by atoms with Crippen molar-refractivity contribution in [2.45, 2.75) is 174 Å². The zero-order valence-corrected chi connectivity index (χ0v) is 35.2. The van der Waals surface area contributed by atoms with E-state index < -0.39 is 32.5 Å². The van der Waals surface area contributed by atoms with Crippen molar-refractivity contribution in [3.05, 3.63) is 59.1 Å². The van der Waals surface area contributed by atoms with Crippen LogP contribution in [0.3, 0.4) is 0 Å². The van der Waals surface area contributed by atoms with Gasteiger partial charge >= 0.3 is 19.8 Å². The maximum absolute atomic E-state index is 12.6. The lowest BCUT2D eigenvalue weighted by Crippen LogP contribution is -2.29. The highest BCUT2D eigenvalue weighted by Gasteiger charge is 2.36. The maximum atomic E-state index is 12.6. The third-order valence-corrected chi connectivity index (χ3v) is 10.6. The molecule has 3 N–H and O–H groups in total. The Hall–Kier alpha value is -2.53. The van der Waals surface area contributed by atoms with E-state index in [4.69, 9.17) is 33.4 Å². The van der Waals surface area contributed by atoms with E-state index >= 15 is 0 Å². The number of furan rings is 1. The Balaban J connectivity index is 1.61. The van der Waals surface area contributed by atoms with E-state index in [2.05, 4.69) is 58.1 Å². The second-order valence-corrected chi connectivity index (χ2v) is 15.9. The Labute approximate surface area is 331 Å². The number of carbonyl (C=O) groups is 2. The molecule has 4 atom stereocenters. The van der Waals surface area contributed by atoms with Gasteiger partial charge in [-0.05, 0) is 89.2 Å². The number of epoxide rings is 1. The van der Waals surface area contributed by atoms with Gasteiger partial charge in [-0.3, -0.25) is 18.6 Å². The van der Waals surface area contributed by atoms with Crippen LogP contribution in [0.2, 0.25) is 0 Å². The number of hydrogen-bond donors (Lipinski definition) is 2. The van der Waals surface area contributed by atoms with Gasteiger partial charge in [-0.15, -0.1) is 0 Å². The molecule has 3 unspecified atom stereocenters. The summed E-state index contributed by atoms with van der Waals surface area (Å²) in [6.45, 7) is 7.77. The average Bonchev–Trinajstić information content (AvgIpc) is 3.86. The van der Waals surface area contributed by atoms with Crippen molar-refractivity contribution in [3.8, 4) is 0 Å². The Bertz CT molecular complexity index is 1340. The Morgan fingerprint density at radius 1 is 0.745 bits per heavy atom. The third-order valence-electron chi connectivity index (χ3n) is 9.60. The summed E-state index contributed by atoms with van der Waals surface area (Å²) in [7, 11) is -4.41. The van der Waals surface area contributed by atoms with Gasteiger partial charge in [-0.2, -0.15) is 0 Å². The largest absolute Gasteiger partial charge is 0.472 e. The summed E-state index contributed by atoms with van der Waals surface area (Å²) in [5, 5.41) is 0. The zero-order chi connectivity index (χ0) is 40.2. The molecule has 0 aliphatic carbocycles. The lowest BCUT2D eigenvalue weighted by atomic mass is 10.0. The van der Waals surface area contributed by atoms with E-state index in [1.165, 1.54) is 30.4 Å². The number of phosphoric acid groups is 1. The fraction of sp³-hybridized carbons (Fsp3) is 0.721. The van der Waals surface area contributed by atoms with Crippen LogP contribution in [0.15, 0.2) is 40.9 Å². The van der Waals surface area contributed by atoms with Gasteiger partial charge in [0.1, 0.15) is 18.1 Å². The number of hydrogen-bond acceptors (Lipinski definition) is 10. The molecule has 2 rings (SSSR count). The molecule has 0 amide bonds. The van der Waals surface area contributed by atoms with E-state index in [1.807, 2.05) is 6.08 Å². The van der Waals surface area contributed by atoms with Crippen LogP contribution in [0, 0.1) is 13.8 Å². The first-order valence-electron chi connectivity index (χ1n) is 20.9. The van der Waals surface area contributed by atoms with E-state index in [0.717, 1.165) is 88.6 Å². The summed E-state index contributed by atoms with van der Waals surface area (Å²) < 4.78 is 44.6. The van der Waals surface area contributed by atoms with E-state index in [0.29, 0.717) is 31.5 Å². The van der Waals surface area contributed by atoms with Crippen LogP contribution in [-0.2, 0) is 50.3 Å². The van der Waals surface area contributed by atoms with E-state index in [9.17, 15) is 19.0 Å². The second kappa shape index (κ2) is 29.7. The molecule has 12 heteroatoms. The predicted molar refractivity (Wildman–Crippen MR) is 218 cm³/mol. The lowest BCUT2D eigenvalue weighted by Gasteiger charge is -2.19. The van der Waals surface area contributed by atoms with Gasteiger partial charge in [0.2, 0.25) is 0 Å². The molecule has 1 saturated heterocycles. The Morgan fingerprint density at radius 2 is 1.36 bits per heavy atom. The number of phosphoric ester groups is 1. The first-order valence-corrected chi connectivity index (χ1v) is 22.4. The highest BCUT2D eigenvalue weighted by Crippen LogP contribution is 2.43. The van der Waals surface area contributed by atoms with Crippen LogP contribution in [0.4, 0.5) is 0 Å². The number of carbonyl (C=O) groups excluding carboxylic acids is 2. The highest BCUT2D eigenvalue weighted by atomic mass is 31.2. The smallest absolute Gasteiger partial charge is 0.466 e. The molecule has 0 radical (unpaired) electrons. The van der Waals surface area contributed by atoms with Crippen molar-refractivity contribution in [2.24, 2.45) is 5.73 Å². The standard InChI is InChI=1S/C43H72NO10P/c1-5-7-8-9-15-21-27-40-41(54-40)28-22-17-11-10-12-19-24-30-43(46)52-37(34-51-55(47,48)50-32-31-44)33-49-42(45)29-23-18-14-13-16-20-26-39-36(4)35(3)38(53-39)25-6-2/h10,12,15,17,21-22,37,40-41H,5-9,11,13-14,16,18-20,23-34,44H2,1-4H3,(H,47,48)/b12-10-,21-15-,22-17-/t37-,40?,41?/m1/s1. The molecule has 1 aliphatic rings. The number of rotatable bonds is 34. The van der Waals surface area contributed by atoms with Gasteiger partial charge in [0.15, 0.2) is 6.10 Å². The number of nitrogens with two attached hydrogens (primary N) is 1. The molecule has 0 aromatic carbocycles. The molecule has 1 aromatic rings. The van der Waals surface area contributed by atoms with Crippen LogP contribution >= 0.6 is 7.82 Å². The molecule has 1 aliphatic heterocycles. The number of unbranched alkanes of at least 4 members (excludes halogenated alkanes) is 9. The molecular weight excluding hydrogens is 721 g/mol. The number of ether oxygens (including phenoxy) is 3. The normalized spacial score (nSPS) is 17.3. The molecule has 2 heterocycles. The fourth-order valence-electron chi connectivity index (χ4n) is 6.13. The van der Waals surface area contributed by atoms with E-state index in [1.54, 1.807) is 0 Å². The summed E-state index contributed by atoms with van der Waals surface area (Å²) >= 11 is 0. The van der Waals surface area contributed by atoms with Gasteiger partial charge in [0.25, 0.3) is 0 Å². The van der Waals surface area contributed by atoms with Gasteiger partial charge in [0.05, 0.1) is 25.4 Å². The van der Waals surface area contributed by atoms with Crippen molar-refractivity contribution in [1.29, 1.82) is 0 Å². The lowest BCUT2D eigenvalue weighted by molar-refractivity contribution is -0.161. The first kappa shape index (κ1) is 48.6. The molecule has 0 saturated carbocycles. The molecule has 1 aromatic heterocycles. The summed E-state index contributed by atoms with van der Waals surface area (Å²) in [4.78, 5) is 34.9. The van der Waals surface area contributed by atoms with Crippen LogP contribution in [0.1, 0.15) is 152 Å². The molecule has 314 valence electrons. The monoisotopic (exact) mass is 793 g/mol. The quantitative estimate of drug-likeness (QED) is 0.0225. The van der Waals surface area contributed by atoms with Gasteiger partial charge in [-0.25, -0.2) is 4.57 Å². The van der Waals surface area contributed by atoms with Crippen LogP contribution < -0.4 is 5.73 Å². The van der Waals surface area contributed by atoms with Crippen molar-refractivity contribution in [1.82, 2.24) is 0 Å². The summed E-state index contributed by atoms with van der Waals surface area (Å²) in [5.41, 5.74) is 7.91. The Morgan fingerprint density at radius 3 is 2.07 bits per heavy atom. The second-order valence-electron chi connectivity index (χ2n) is 14.5. The molecule has 0 spiro atoms. The topological polar surface area (TPSA) is 160 Å². The van der Waals surface area contributed by atoms with E-state index in [-0.39, 0.29) is 32.6 Å². The van der Waals surface area contributed by atoms with Gasteiger partial charge in [0, 0.05) is 32.2 Å². The van der Waals surface area contributed by atoms with Gasteiger partial charge in [-0.1, -0.05) is 88.8 Å². The first-order chi connectivity index (χ1) is 26.6. The Kier molecular flexibility index (Phi) is 26.2. The minimum absolute atomic E-state index is 0.0339. The summed E-state index contributed by atoms with van der Waals surface area (Å²) in [6, 6.07) is 0. The SMILES string of the molecule is CCCCC/C=C\CC1OC1C/C=C\C/C=C\CCCC(=O)O[C@H](COC(=O)CCCCCCCCc1oc(CCC)c(C)c1C)COP(=O)(O)OCCN. The number of esters is 2. The molecular formula is C43H72NO10P. The summed E-state index contributed by atoms with van der Waals surface area (Å²) in [5.74, 6) is 1.29. The van der Waals surface area contributed by atoms with Crippen molar-refractivity contribution in [2.75, 3.05) is 26.4 Å². The fourth-order valence-corrected chi connectivity index (χ4v) is 6.89. The average molecular weight is 794 g/mol. The van der Waals surface area contributed by atoms with Crippen molar-refractivity contribution in [3.63, 3.8) is 0 Å². The minimum atomic E-state index is -4.41. The third kappa shape index (κ3) is 23.3. The predicted octanol–water partition coefficient (Wildman–Crippen LogP) is 10.0. The van der Waals surface area contributed by atoms with Gasteiger partial charge < -0.3 is 29.3 Å². The molecule has 11 nitrogen and oxygen atoms in total. The zero-order valence-electron chi connectivity index (χ0n) is 34.3. The summed E-state index contributed by atoms with van der Waals surface area (Å²) in [6.07, 6.45) is 30.7. The molecule has 0 bridgehead atoms. The van der Waals surface area contributed by atoms with Crippen molar-refractivity contribution >= 4 is 19.8 Å². The number of aryl methyl sites for hydroxylation is 2. The van der Waals surface area contributed by atoms with Crippen LogP contribution in [0.5, 0.6) is 0 Å². The van der Waals surface area contributed by atoms with Crippen molar-refractivity contribution < 1.29 is 46.7 Å². The minimum Gasteiger partial charge on any atom is -0.466 e. The molecule has 55 heavy (non-hydrogen) atoms. The number of allylic oxidation sites excluding steroid dienone is 4. The highest BCUT2D eigenvalue weighted by molar-refractivity contribution is 7.47. The van der Waals surface area contributed by atoms with Crippen LogP contribution in [-0.4, -0.2) is 61.5 Å².